The summed E-state index contributed by atoms with van der Waals surface area (Å²) in [4.78, 5) is 99.8. The number of phosphoric ester groups is 3. The highest BCUT2D eigenvalue weighted by atomic mass is 32.5. The number of phosphoric acid groups is 3. The Hall–Kier alpha value is -4.73. The van der Waals surface area contributed by atoms with E-state index in [1.165, 1.54) is 40.5 Å². The van der Waals surface area contributed by atoms with Crippen LogP contribution in [0.25, 0.3) is 33.5 Å². The zero-order valence-electron chi connectivity index (χ0n) is 40.3. The number of nitrogens with one attached hydrogen (secondary N) is 2. The van der Waals surface area contributed by atoms with E-state index in [0.717, 1.165) is 24.3 Å². The molecule has 16 atom stereocenters. The van der Waals surface area contributed by atoms with Gasteiger partial charge in [0.2, 0.25) is 17.7 Å². The minimum atomic E-state index is -5.76. The van der Waals surface area contributed by atoms with Crippen molar-refractivity contribution in [2.24, 2.45) is 13.0 Å². The third-order valence-corrected chi connectivity index (χ3v) is 18.8. The molecule has 9 heterocycles. The Morgan fingerprint density at radius 1 is 0.769 bits per heavy atom. The van der Waals surface area contributed by atoms with Gasteiger partial charge in [0.1, 0.15) is 54.6 Å². The molecule has 0 aliphatic carbocycles. The van der Waals surface area contributed by atoms with Gasteiger partial charge in [0.25, 0.3) is 24.9 Å². The number of H-pyrrole nitrogens is 2. The zero-order chi connectivity index (χ0) is 56.4. The molecule has 4 unspecified atom stereocenters. The number of aromatic nitrogens is 12. The molecule has 0 bridgehead atoms. The monoisotopic (exact) mass is 1200 g/mol. The molecule has 0 spiro atoms. The summed E-state index contributed by atoms with van der Waals surface area (Å²) >= 11 is 4.79. The van der Waals surface area contributed by atoms with Gasteiger partial charge < -0.3 is 84.8 Å². The number of aliphatic hydroxyl groups excluding tert-OH is 3. The second-order valence-corrected chi connectivity index (χ2v) is 24.8. The summed E-state index contributed by atoms with van der Waals surface area (Å²) in [5.41, 5.74) is 15.9. The van der Waals surface area contributed by atoms with Crippen LogP contribution in [0, 0.1) is 5.92 Å². The predicted octanol–water partition coefficient (Wildman–Crippen LogP) is -3.93. The summed E-state index contributed by atoms with van der Waals surface area (Å²) in [5.74, 6) is -1.51. The van der Waals surface area contributed by atoms with Crippen LogP contribution in [0.2, 0.25) is 0 Å². The zero-order valence-corrected chi connectivity index (χ0v) is 44.7. The van der Waals surface area contributed by atoms with Gasteiger partial charge in [-0.25, -0.2) is 42.3 Å². The first-order chi connectivity index (χ1) is 36.7. The van der Waals surface area contributed by atoms with E-state index < -0.39 is 135 Å². The van der Waals surface area contributed by atoms with Gasteiger partial charge in [-0.15, -0.1) is 0 Å². The second kappa shape index (κ2) is 22.3. The predicted molar refractivity (Wildman–Crippen MR) is 257 cm³/mol. The normalized spacial score (nSPS) is 29.8. The third-order valence-electron chi connectivity index (χ3n) is 12.4. The molecule has 0 aromatic carbocycles. The summed E-state index contributed by atoms with van der Waals surface area (Å²) < 4.78 is 104. The van der Waals surface area contributed by atoms with E-state index in [4.69, 9.17) is 70.8 Å². The van der Waals surface area contributed by atoms with Crippen molar-refractivity contribution in [3.8, 4) is 0 Å². The molecule has 6 aromatic heterocycles. The number of rotatable bonds is 22. The molecule has 38 nitrogen and oxygen atoms in total. The van der Waals surface area contributed by atoms with Crippen molar-refractivity contribution in [3.63, 3.8) is 0 Å². The van der Waals surface area contributed by atoms with Crippen LogP contribution in [0.4, 0.5) is 17.7 Å². The SMILES string of the molecule is COCC[C@H]1[C@@H](O)[C@H]([n+]2cn(C)c3c(=O)[nH]c(N)nc32)O[C@@H]1COP(=O)(O)OP(O)(=S)OP(=O)(O)OC[C@H]1O[C@@H](n2cnc3c(N)ncnc32)[C@H](OC)[C@@H]1OP(=O)([O-])OC[C@H]1O[C@@H](n2cnc3c(=O)[nH]c(N)nc32)[C@H](O)[C@@H]1O. The average Bonchev–Trinajstić information content (AvgIpc) is 4.39. The van der Waals surface area contributed by atoms with Crippen molar-refractivity contribution in [3.05, 3.63) is 46.0 Å². The second-order valence-electron chi connectivity index (χ2n) is 17.4. The summed E-state index contributed by atoms with van der Waals surface area (Å²) in [6.07, 6.45) is -12.5. The number of aryl methyl sites for hydroxylation is 1. The Bertz CT molecular complexity index is 3530. The maximum absolute atomic E-state index is 13.6. The highest BCUT2D eigenvalue weighted by molar-refractivity contribution is 8.09. The fourth-order valence-electron chi connectivity index (χ4n) is 8.98. The van der Waals surface area contributed by atoms with Crippen LogP contribution in [0.5, 0.6) is 0 Å². The van der Waals surface area contributed by atoms with Crippen LogP contribution in [0.3, 0.4) is 0 Å². The summed E-state index contributed by atoms with van der Waals surface area (Å²) in [5, 5.41) is 33.2. The smallest absolute Gasteiger partial charge is 0.479 e. The van der Waals surface area contributed by atoms with E-state index in [1.807, 2.05) is 0 Å². The number of ether oxygens (including phenoxy) is 5. The first-order valence-electron chi connectivity index (χ1n) is 22.5. The number of fused-ring (bicyclic) bond motifs is 3. The van der Waals surface area contributed by atoms with Crippen LogP contribution in [0.15, 0.2) is 34.9 Å². The minimum Gasteiger partial charge on any atom is -0.756 e. The van der Waals surface area contributed by atoms with Crippen molar-refractivity contribution in [1.29, 1.82) is 0 Å². The molecule has 3 aliphatic heterocycles. The Kier molecular flexibility index (Phi) is 16.6. The van der Waals surface area contributed by atoms with E-state index in [9.17, 15) is 58.2 Å². The number of aromatic amines is 2. The largest absolute Gasteiger partial charge is 0.756 e. The number of hydrogen-bond donors (Lipinski definition) is 11. The van der Waals surface area contributed by atoms with Crippen molar-refractivity contribution in [1.82, 2.24) is 53.6 Å². The van der Waals surface area contributed by atoms with Crippen molar-refractivity contribution in [2.75, 3.05) is 57.8 Å². The number of nitrogen functional groups attached to an aromatic ring is 3. The van der Waals surface area contributed by atoms with Gasteiger partial charge in [0.15, 0.2) is 41.4 Å². The highest BCUT2D eigenvalue weighted by Crippen LogP contribution is 2.68. The molecule has 0 saturated carbocycles. The van der Waals surface area contributed by atoms with Gasteiger partial charge in [0.05, 0.1) is 45.6 Å². The summed E-state index contributed by atoms with van der Waals surface area (Å²) in [6.45, 7) is -8.34. The molecular weight excluding hydrogens is 1150 g/mol. The minimum absolute atomic E-state index is 0.0181. The molecule has 0 amide bonds. The van der Waals surface area contributed by atoms with Crippen molar-refractivity contribution >= 4 is 93.2 Å². The van der Waals surface area contributed by atoms with Crippen molar-refractivity contribution < 1.29 is 104 Å². The Morgan fingerprint density at radius 2 is 1.38 bits per heavy atom. The number of nitrogens with zero attached hydrogens (tertiary/aromatic N) is 10. The van der Waals surface area contributed by atoms with Gasteiger partial charge in [-0.05, 0) is 18.2 Å². The van der Waals surface area contributed by atoms with Gasteiger partial charge in [-0.2, -0.15) is 4.98 Å². The maximum Gasteiger partial charge on any atom is 0.479 e. The first kappa shape index (κ1) is 57.9. The lowest BCUT2D eigenvalue weighted by molar-refractivity contribution is -0.745. The number of nitrogens with two attached hydrogens (primary N) is 3. The fraction of sp³-hybridized carbons (Fsp3) is 0.571. The molecule has 43 heteroatoms. The topological polar surface area (TPSA) is 537 Å². The summed E-state index contributed by atoms with van der Waals surface area (Å²) in [7, 11) is -13.0. The molecule has 9 rings (SSSR count). The molecule has 428 valence electrons. The molecule has 14 N–H and O–H groups in total. The maximum atomic E-state index is 13.6. The first-order valence-corrected chi connectivity index (χ1v) is 29.5. The number of aliphatic hydroxyl groups is 3. The lowest BCUT2D eigenvalue weighted by Crippen LogP contribution is -2.45. The van der Waals surface area contributed by atoms with Crippen molar-refractivity contribution in [2.45, 2.75) is 73.9 Å². The van der Waals surface area contributed by atoms with Crippen LogP contribution in [-0.4, -0.2) is 173 Å². The van der Waals surface area contributed by atoms with Gasteiger partial charge in [-0.3, -0.25) is 46.9 Å². The Morgan fingerprint density at radius 3 is 2.06 bits per heavy atom. The molecule has 6 aromatic rings. The van der Waals surface area contributed by atoms with E-state index in [-0.39, 0.29) is 64.2 Å². The number of imidazole rings is 3. The quantitative estimate of drug-likeness (QED) is 0.0228. The standard InChI is InChI=1S/C35H49N15O23P4S/c1-47-12-50(28-19(47)30(55)46-35(38)44-28)31-20(51)13(4-5-63-2)14(68-31)6-66-75(58,59)72-77(62,78)73-76(60,61)67-8-16-23(24(64-3)33(70-16)48-10-41-17-25(36)39-9-40-26(17)48)71-74(56,57)65-7-15-21(52)22(53)32(69-15)49-11-42-18-27(49)43-34(37)45-29(18)54/h9-16,20-24,31-33,51-53H,4-8H2,1-3H3,(H11-,36,37,38,39,40,43,44,45,46,54,55,56,57,58,59,60,61,62,78)/t13-,14-,15-,16-,20-,21-,22-,23-,24-,31-,32-,33-,77?/m1/s1. The molecule has 3 aliphatic rings. The molecule has 3 saturated heterocycles. The number of anilines is 3. The summed E-state index contributed by atoms with van der Waals surface area (Å²) in [6, 6.07) is 0. The van der Waals surface area contributed by atoms with E-state index in [0.29, 0.717) is 0 Å². The van der Waals surface area contributed by atoms with E-state index in [2.05, 4.69) is 48.5 Å². The van der Waals surface area contributed by atoms with Gasteiger partial charge >= 0.3 is 28.0 Å². The van der Waals surface area contributed by atoms with Crippen LogP contribution in [0.1, 0.15) is 25.1 Å². The Labute approximate surface area is 439 Å². The third kappa shape index (κ3) is 11.9. The molecule has 3 fully saturated rings. The molecular formula is C35H49N15O23P4S. The fourth-order valence-corrected chi connectivity index (χ4v) is 15.0. The van der Waals surface area contributed by atoms with E-state index in [1.54, 1.807) is 0 Å². The Balaban J connectivity index is 0.871. The molecule has 78 heavy (non-hydrogen) atoms. The average molecular weight is 1200 g/mol. The van der Waals surface area contributed by atoms with Crippen LogP contribution >= 0.6 is 30.2 Å². The lowest BCUT2D eigenvalue weighted by atomic mass is 9.95. The van der Waals surface area contributed by atoms with Gasteiger partial charge in [0, 0.05) is 26.7 Å². The number of methoxy groups -OCH3 is 2. The van der Waals surface area contributed by atoms with Crippen LogP contribution in [-0.2, 0) is 83.0 Å². The lowest BCUT2D eigenvalue weighted by Gasteiger charge is -2.31. The molecule has 0 radical (unpaired) electrons. The highest BCUT2D eigenvalue weighted by Gasteiger charge is 2.52. The van der Waals surface area contributed by atoms with Gasteiger partial charge in [-0.1, -0.05) is 4.98 Å². The van der Waals surface area contributed by atoms with E-state index >= 15 is 0 Å². The van der Waals surface area contributed by atoms with Crippen LogP contribution < -0.4 is 37.8 Å². The number of hydrogen-bond acceptors (Lipinski definition) is 30.